The summed E-state index contributed by atoms with van der Waals surface area (Å²) < 4.78 is 10.7. The number of furan rings is 1. The van der Waals surface area contributed by atoms with E-state index < -0.39 is 5.97 Å². The van der Waals surface area contributed by atoms with E-state index >= 15 is 0 Å². The van der Waals surface area contributed by atoms with Crippen LogP contribution in [0.2, 0.25) is 0 Å². The molecule has 0 fully saturated rings. The number of hydrogen-bond acceptors (Lipinski definition) is 4. The van der Waals surface area contributed by atoms with Crippen molar-refractivity contribution < 1.29 is 19.1 Å². The zero-order valence-electron chi connectivity index (χ0n) is 11.3. The van der Waals surface area contributed by atoms with Gasteiger partial charge in [0.25, 0.3) is 0 Å². The van der Waals surface area contributed by atoms with E-state index in [-0.39, 0.29) is 5.56 Å². The molecule has 0 saturated heterocycles. The van der Waals surface area contributed by atoms with Crippen LogP contribution in [-0.2, 0) is 6.54 Å². The number of carboxylic acids is 1. The molecule has 0 radical (unpaired) electrons. The van der Waals surface area contributed by atoms with Gasteiger partial charge in [-0.1, -0.05) is 13.0 Å². The summed E-state index contributed by atoms with van der Waals surface area (Å²) in [5.41, 5.74) is 1.05. The Kier molecular flexibility index (Phi) is 4.65. The van der Waals surface area contributed by atoms with Crippen LogP contribution in [0, 0.1) is 0 Å². The highest BCUT2D eigenvalue weighted by Crippen LogP contribution is 2.18. The molecule has 0 atom stereocenters. The Labute approximate surface area is 117 Å². The van der Waals surface area contributed by atoms with Crippen LogP contribution in [0.25, 0.3) is 0 Å². The number of anilines is 1. The summed E-state index contributed by atoms with van der Waals surface area (Å²) in [5.74, 6) is 0.389. The molecule has 20 heavy (non-hydrogen) atoms. The van der Waals surface area contributed by atoms with Gasteiger partial charge >= 0.3 is 5.97 Å². The summed E-state index contributed by atoms with van der Waals surface area (Å²) in [6.45, 7) is 3.16. The monoisotopic (exact) mass is 275 g/mol. The average molecular weight is 275 g/mol. The van der Waals surface area contributed by atoms with E-state index in [9.17, 15) is 4.79 Å². The Hall–Kier alpha value is -2.43. The molecule has 0 unspecified atom stereocenters. The number of aromatic carboxylic acids is 1. The molecule has 0 amide bonds. The van der Waals surface area contributed by atoms with Gasteiger partial charge in [0, 0.05) is 11.8 Å². The van der Waals surface area contributed by atoms with E-state index in [0.717, 1.165) is 17.9 Å². The number of carboxylic acid groups (broad SMARTS) is 1. The average Bonchev–Trinajstić information content (AvgIpc) is 2.92. The first-order valence-corrected chi connectivity index (χ1v) is 6.46. The van der Waals surface area contributed by atoms with Crippen molar-refractivity contribution >= 4 is 11.7 Å². The summed E-state index contributed by atoms with van der Waals surface area (Å²) in [5, 5.41) is 12.0. The van der Waals surface area contributed by atoms with Crippen molar-refractivity contribution in [3.63, 3.8) is 0 Å². The topological polar surface area (TPSA) is 71.7 Å². The zero-order valence-corrected chi connectivity index (χ0v) is 11.3. The van der Waals surface area contributed by atoms with Crippen LogP contribution in [0.4, 0.5) is 5.69 Å². The summed E-state index contributed by atoms with van der Waals surface area (Å²) >= 11 is 0. The van der Waals surface area contributed by atoms with Crippen molar-refractivity contribution in [2.75, 3.05) is 11.9 Å². The molecule has 2 rings (SSSR count). The van der Waals surface area contributed by atoms with E-state index in [1.807, 2.05) is 24.3 Å². The summed E-state index contributed by atoms with van der Waals surface area (Å²) in [6.07, 6.45) is 2.20. The van der Waals surface area contributed by atoms with E-state index in [1.54, 1.807) is 0 Å². The highest BCUT2D eigenvalue weighted by molar-refractivity contribution is 5.87. The first kappa shape index (κ1) is 14.0. The molecule has 0 saturated carbocycles. The first-order chi connectivity index (χ1) is 9.69. The Morgan fingerprint density at radius 3 is 2.95 bits per heavy atom. The van der Waals surface area contributed by atoms with Gasteiger partial charge in [-0.15, -0.1) is 0 Å². The van der Waals surface area contributed by atoms with Crippen molar-refractivity contribution in [3.05, 3.63) is 47.9 Å². The van der Waals surface area contributed by atoms with Gasteiger partial charge in [-0.05, 0) is 24.6 Å². The van der Waals surface area contributed by atoms with E-state index in [0.29, 0.717) is 18.9 Å². The van der Waals surface area contributed by atoms with Crippen LogP contribution in [0.5, 0.6) is 5.75 Å². The molecule has 1 aromatic carbocycles. The van der Waals surface area contributed by atoms with E-state index in [2.05, 4.69) is 12.2 Å². The Morgan fingerprint density at radius 1 is 1.40 bits per heavy atom. The van der Waals surface area contributed by atoms with Gasteiger partial charge in [0.15, 0.2) is 0 Å². The summed E-state index contributed by atoms with van der Waals surface area (Å²) in [4.78, 5) is 10.7. The van der Waals surface area contributed by atoms with Crippen molar-refractivity contribution in [2.45, 2.75) is 19.9 Å². The van der Waals surface area contributed by atoms with Crippen molar-refractivity contribution in [3.8, 4) is 5.75 Å². The van der Waals surface area contributed by atoms with Crippen molar-refractivity contribution in [1.29, 1.82) is 0 Å². The predicted octanol–water partition coefficient (Wildman–Crippen LogP) is 3.38. The third-order valence-electron chi connectivity index (χ3n) is 2.67. The van der Waals surface area contributed by atoms with Crippen LogP contribution in [-0.4, -0.2) is 17.7 Å². The molecule has 0 aliphatic carbocycles. The summed E-state index contributed by atoms with van der Waals surface area (Å²) in [6, 6.07) is 9.12. The lowest BCUT2D eigenvalue weighted by Crippen LogP contribution is -2.00. The minimum absolute atomic E-state index is 0.154. The predicted molar refractivity (Wildman–Crippen MR) is 75.2 cm³/mol. The minimum Gasteiger partial charge on any atom is -0.494 e. The van der Waals surface area contributed by atoms with Crippen LogP contribution in [0.3, 0.4) is 0 Å². The van der Waals surface area contributed by atoms with Gasteiger partial charge < -0.3 is 19.6 Å². The lowest BCUT2D eigenvalue weighted by molar-refractivity contribution is 0.0696. The maximum Gasteiger partial charge on any atom is 0.338 e. The van der Waals surface area contributed by atoms with Gasteiger partial charge in [-0.2, -0.15) is 0 Å². The highest BCUT2D eigenvalue weighted by Gasteiger charge is 2.07. The second-order valence-electron chi connectivity index (χ2n) is 4.34. The second-order valence-corrected chi connectivity index (χ2v) is 4.34. The highest BCUT2D eigenvalue weighted by atomic mass is 16.5. The molecule has 5 heteroatoms. The third kappa shape index (κ3) is 3.78. The molecule has 0 aliphatic heterocycles. The lowest BCUT2D eigenvalue weighted by atomic mass is 10.3. The molecule has 0 aliphatic rings. The molecule has 0 bridgehead atoms. The second kappa shape index (κ2) is 6.65. The number of benzene rings is 1. The quantitative estimate of drug-likeness (QED) is 0.810. The zero-order chi connectivity index (χ0) is 14.4. The third-order valence-corrected chi connectivity index (χ3v) is 2.67. The van der Waals surface area contributed by atoms with E-state index in [4.69, 9.17) is 14.3 Å². The fourth-order valence-electron chi connectivity index (χ4n) is 1.69. The van der Waals surface area contributed by atoms with Gasteiger partial charge in [-0.3, -0.25) is 0 Å². The van der Waals surface area contributed by atoms with Crippen molar-refractivity contribution in [2.24, 2.45) is 0 Å². The Balaban J connectivity index is 1.94. The number of carbonyl (C=O) groups is 1. The first-order valence-electron chi connectivity index (χ1n) is 6.46. The maximum atomic E-state index is 10.7. The van der Waals surface area contributed by atoms with Crippen LogP contribution < -0.4 is 10.1 Å². The van der Waals surface area contributed by atoms with Gasteiger partial charge in [-0.25, -0.2) is 4.79 Å². The molecule has 2 aromatic rings. The standard InChI is InChI=1S/C15H17NO4/c1-2-6-19-13-5-3-4-12(8-13)16-9-14-7-11(10-20-14)15(17)18/h3-5,7-8,10,16H,2,6,9H2,1H3,(H,17,18). The minimum atomic E-state index is -0.991. The molecule has 0 spiro atoms. The molecule has 2 N–H and O–H groups in total. The maximum absolute atomic E-state index is 10.7. The molecular weight excluding hydrogens is 258 g/mol. The van der Waals surface area contributed by atoms with Crippen LogP contribution in [0.1, 0.15) is 29.5 Å². The van der Waals surface area contributed by atoms with Crippen LogP contribution in [0.15, 0.2) is 41.0 Å². The fraction of sp³-hybridized carbons (Fsp3) is 0.267. The van der Waals surface area contributed by atoms with Crippen molar-refractivity contribution in [1.82, 2.24) is 0 Å². The molecule has 1 aromatic heterocycles. The Morgan fingerprint density at radius 2 is 2.25 bits per heavy atom. The normalized spacial score (nSPS) is 10.2. The number of ether oxygens (including phenoxy) is 1. The van der Waals surface area contributed by atoms with Gasteiger partial charge in [0.2, 0.25) is 0 Å². The Bertz CT molecular complexity index is 577. The van der Waals surface area contributed by atoms with Gasteiger partial charge in [0.1, 0.15) is 17.8 Å². The van der Waals surface area contributed by atoms with E-state index in [1.165, 1.54) is 12.3 Å². The number of hydrogen-bond donors (Lipinski definition) is 2. The molecule has 1 heterocycles. The number of nitrogens with one attached hydrogen (secondary N) is 1. The smallest absolute Gasteiger partial charge is 0.338 e. The molecule has 5 nitrogen and oxygen atoms in total. The number of rotatable bonds is 7. The van der Waals surface area contributed by atoms with Gasteiger partial charge in [0.05, 0.1) is 18.7 Å². The molecular formula is C15H17NO4. The molecule has 106 valence electrons. The largest absolute Gasteiger partial charge is 0.494 e. The lowest BCUT2D eigenvalue weighted by Gasteiger charge is -2.08. The SMILES string of the molecule is CCCOc1cccc(NCc2cc(C(=O)O)co2)c1. The fourth-order valence-corrected chi connectivity index (χ4v) is 1.69. The van der Waals surface area contributed by atoms with Crippen LogP contribution >= 0.6 is 0 Å². The summed E-state index contributed by atoms with van der Waals surface area (Å²) in [7, 11) is 0.